The molecule has 0 fully saturated rings. The molecule has 0 saturated heterocycles. The Morgan fingerprint density at radius 1 is 1.08 bits per heavy atom. The molecule has 0 atom stereocenters. The van der Waals surface area contributed by atoms with E-state index in [9.17, 15) is 4.79 Å². The molecule has 24 heavy (non-hydrogen) atoms. The molecule has 2 aromatic carbocycles. The van der Waals surface area contributed by atoms with Gasteiger partial charge in [0.1, 0.15) is 17.0 Å². The van der Waals surface area contributed by atoms with Crippen molar-refractivity contribution < 1.29 is 4.42 Å². The largest absolute Gasteiger partial charge is 0.460 e. The third kappa shape index (κ3) is 2.42. The number of rotatable bonds is 3. The first-order valence-corrected chi connectivity index (χ1v) is 7.94. The van der Waals surface area contributed by atoms with E-state index in [1.165, 1.54) is 0 Å². The van der Waals surface area contributed by atoms with Crippen molar-refractivity contribution in [2.75, 3.05) is 0 Å². The number of fused-ring (bicyclic) bond motifs is 2. The Kier molecular flexibility index (Phi) is 3.50. The third-order valence-corrected chi connectivity index (χ3v) is 4.07. The van der Waals surface area contributed by atoms with Gasteiger partial charge in [-0.15, -0.1) is 0 Å². The molecule has 0 bridgehead atoms. The SMILES string of the molecule is CCc1oc2ccccc2c1/C=C/c1nc2ccccc2[nH]c1=O. The average molecular weight is 316 g/mol. The van der Waals surface area contributed by atoms with Crippen LogP contribution < -0.4 is 5.56 Å². The van der Waals surface area contributed by atoms with Crippen LogP contribution in [0.1, 0.15) is 23.9 Å². The summed E-state index contributed by atoms with van der Waals surface area (Å²) in [6.07, 6.45) is 4.45. The third-order valence-electron chi connectivity index (χ3n) is 4.07. The van der Waals surface area contributed by atoms with Crippen molar-refractivity contribution >= 4 is 34.2 Å². The Balaban J connectivity index is 1.84. The van der Waals surface area contributed by atoms with Crippen LogP contribution in [-0.2, 0) is 6.42 Å². The molecule has 4 heteroatoms. The number of furan rings is 1. The number of hydrogen-bond donors (Lipinski definition) is 1. The topological polar surface area (TPSA) is 58.9 Å². The van der Waals surface area contributed by atoms with Gasteiger partial charge >= 0.3 is 0 Å². The number of benzene rings is 2. The van der Waals surface area contributed by atoms with E-state index >= 15 is 0 Å². The fraction of sp³-hybridized carbons (Fsp3) is 0.100. The molecule has 0 spiro atoms. The molecular weight excluding hydrogens is 300 g/mol. The summed E-state index contributed by atoms with van der Waals surface area (Å²) in [5, 5.41) is 1.04. The first-order chi connectivity index (χ1) is 11.8. The highest BCUT2D eigenvalue weighted by Gasteiger charge is 2.10. The minimum Gasteiger partial charge on any atom is -0.460 e. The lowest BCUT2D eigenvalue weighted by Gasteiger charge is -1.98. The summed E-state index contributed by atoms with van der Waals surface area (Å²) in [7, 11) is 0. The second-order valence-corrected chi connectivity index (χ2v) is 5.59. The molecule has 2 aromatic heterocycles. The second-order valence-electron chi connectivity index (χ2n) is 5.59. The van der Waals surface area contributed by atoms with Crippen molar-refractivity contribution in [3.05, 3.63) is 75.9 Å². The van der Waals surface area contributed by atoms with E-state index in [-0.39, 0.29) is 5.56 Å². The zero-order chi connectivity index (χ0) is 16.5. The average Bonchev–Trinajstić information content (AvgIpc) is 2.97. The van der Waals surface area contributed by atoms with E-state index in [0.29, 0.717) is 5.69 Å². The highest BCUT2D eigenvalue weighted by molar-refractivity contribution is 5.91. The van der Waals surface area contributed by atoms with Gasteiger partial charge in [-0.05, 0) is 30.4 Å². The summed E-state index contributed by atoms with van der Waals surface area (Å²) in [5.41, 5.74) is 3.56. The fourth-order valence-corrected chi connectivity index (χ4v) is 2.88. The lowest BCUT2D eigenvalue weighted by atomic mass is 10.1. The van der Waals surface area contributed by atoms with Crippen molar-refractivity contribution in [3.63, 3.8) is 0 Å². The van der Waals surface area contributed by atoms with Crippen molar-refractivity contribution in [2.45, 2.75) is 13.3 Å². The highest BCUT2D eigenvalue weighted by atomic mass is 16.3. The number of nitrogens with zero attached hydrogens (tertiary/aromatic N) is 1. The van der Waals surface area contributed by atoms with Gasteiger partial charge in [0, 0.05) is 17.4 Å². The van der Waals surface area contributed by atoms with Crippen LogP contribution in [0.4, 0.5) is 0 Å². The van der Waals surface area contributed by atoms with Crippen molar-refractivity contribution in [2.24, 2.45) is 0 Å². The Morgan fingerprint density at radius 2 is 1.88 bits per heavy atom. The summed E-state index contributed by atoms with van der Waals surface area (Å²) in [5.74, 6) is 0.907. The van der Waals surface area contributed by atoms with Gasteiger partial charge in [0.2, 0.25) is 0 Å². The van der Waals surface area contributed by atoms with E-state index in [1.54, 1.807) is 6.08 Å². The number of aromatic nitrogens is 2. The standard InChI is InChI=1S/C20H16N2O2/c1-2-18-14(13-7-3-6-10-19(13)24-18)11-12-17-20(23)22-16-9-5-4-8-15(16)21-17/h3-12H,2H2,1H3,(H,22,23)/b12-11+. The van der Waals surface area contributed by atoms with Crippen LogP contribution in [0.25, 0.3) is 34.2 Å². The first kappa shape index (κ1) is 14.5. The quantitative estimate of drug-likeness (QED) is 0.609. The molecule has 0 amide bonds. The molecule has 0 aliphatic heterocycles. The second kappa shape index (κ2) is 5.81. The first-order valence-electron chi connectivity index (χ1n) is 7.94. The van der Waals surface area contributed by atoms with E-state index in [1.807, 2.05) is 54.6 Å². The van der Waals surface area contributed by atoms with Gasteiger partial charge in [-0.2, -0.15) is 0 Å². The van der Waals surface area contributed by atoms with Crippen LogP contribution in [0.2, 0.25) is 0 Å². The summed E-state index contributed by atoms with van der Waals surface area (Å²) in [4.78, 5) is 19.5. The van der Waals surface area contributed by atoms with Gasteiger partial charge in [-0.3, -0.25) is 4.79 Å². The van der Waals surface area contributed by atoms with Crippen LogP contribution >= 0.6 is 0 Å². The molecule has 118 valence electrons. The maximum Gasteiger partial charge on any atom is 0.274 e. The Bertz CT molecular complexity index is 1120. The summed E-state index contributed by atoms with van der Waals surface area (Å²) < 4.78 is 5.88. The number of aryl methyl sites for hydroxylation is 1. The van der Waals surface area contributed by atoms with Crippen molar-refractivity contribution in [3.8, 4) is 0 Å². The van der Waals surface area contributed by atoms with Gasteiger partial charge in [-0.25, -0.2) is 4.98 Å². The smallest absolute Gasteiger partial charge is 0.274 e. The maximum absolute atomic E-state index is 12.2. The number of para-hydroxylation sites is 3. The zero-order valence-corrected chi connectivity index (χ0v) is 13.2. The van der Waals surface area contributed by atoms with Crippen LogP contribution in [0.3, 0.4) is 0 Å². The Morgan fingerprint density at radius 3 is 2.75 bits per heavy atom. The highest BCUT2D eigenvalue weighted by Crippen LogP contribution is 2.27. The minimum atomic E-state index is -0.198. The number of nitrogens with one attached hydrogen (secondary N) is 1. The Hall–Kier alpha value is -3.14. The van der Waals surface area contributed by atoms with Crippen LogP contribution in [0.15, 0.2) is 57.7 Å². The number of aromatic amines is 1. The molecule has 0 saturated carbocycles. The van der Waals surface area contributed by atoms with Gasteiger partial charge in [-0.1, -0.05) is 37.3 Å². The van der Waals surface area contributed by atoms with E-state index < -0.39 is 0 Å². The number of hydrogen-bond acceptors (Lipinski definition) is 3. The van der Waals surface area contributed by atoms with Crippen LogP contribution in [-0.4, -0.2) is 9.97 Å². The Labute approximate surface area is 138 Å². The van der Waals surface area contributed by atoms with Crippen LogP contribution in [0, 0.1) is 0 Å². The molecule has 4 rings (SSSR count). The molecule has 0 aliphatic rings. The van der Waals surface area contributed by atoms with Crippen molar-refractivity contribution in [1.29, 1.82) is 0 Å². The van der Waals surface area contributed by atoms with E-state index in [2.05, 4.69) is 16.9 Å². The maximum atomic E-state index is 12.2. The molecule has 4 nitrogen and oxygen atoms in total. The molecule has 1 N–H and O–H groups in total. The predicted molar refractivity (Wildman–Crippen MR) is 96.9 cm³/mol. The minimum absolute atomic E-state index is 0.198. The van der Waals surface area contributed by atoms with Gasteiger partial charge < -0.3 is 9.40 Å². The summed E-state index contributed by atoms with van der Waals surface area (Å²) in [6, 6.07) is 15.4. The van der Waals surface area contributed by atoms with Gasteiger partial charge in [0.25, 0.3) is 5.56 Å². The molecule has 0 unspecified atom stereocenters. The van der Waals surface area contributed by atoms with Crippen molar-refractivity contribution in [1.82, 2.24) is 9.97 Å². The number of H-pyrrole nitrogens is 1. The lowest BCUT2D eigenvalue weighted by Crippen LogP contribution is -2.11. The normalized spacial score (nSPS) is 11.7. The molecule has 2 heterocycles. The monoisotopic (exact) mass is 316 g/mol. The zero-order valence-electron chi connectivity index (χ0n) is 13.2. The predicted octanol–water partition coefficient (Wildman–Crippen LogP) is 4.40. The fourth-order valence-electron chi connectivity index (χ4n) is 2.88. The van der Waals surface area contributed by atoms with E-state index in [4.69, 9.17) is 4.42 Å². The van der Waals surface area contributed by atoms with Gasteiger partial charge in [0.15, 0.2) is 0 Å². The molecule has 0 radical (unpaired) electrons. The lowest BCUT2D eigenvalue weighted by molar-refractivity contribution is 0.556. The molecule has 0 aliphatic carbocycles. The summed E-state index contributed by atoms with van der Waals surface area (Å²) in [6.45, 7) is 2.05. The van der Waals surface area contributed by atoms with Gasteiger partial charge in [0.05, 0.1) is 11.0 Å². The van der Waals surface area contributed by atoms with E-state index in [0.717, 1.165) is 39.7 Å². The summed E-state index contributed by atoms with van der Waals surface area (Å²) >= 11 is 0. The molecule has 4 aromatic rings. The van der Waals surface area contributed by atoms with Crippen LogP contribution in [0.5, 0.6) is 0 Å². The molecular formula is C20H16N2O2.